The molecule has 0 saturated carbocycles. The lowest BCUT2D eigenvalue weighted by Gasteiger charge is -2.24. The molecular weight excluding hydrogens is 347 g/mol. The van der Waals surface area contributed by atoms with Crippen LogP contribution in [0.4, 0.5) is 4.39 Å². The first kappa shape index (κ1) is 21.2. The molecule has 6 nitrogen and oxygen atoms in total. The van der Waals surface area contributed by atoms with Crippen LogP contribution in [0.1, 0.15) is 34.1 Å². The summed E-state index contributed by atoms with van der Waals surface area (Å²) in [6, 6.07) is 3.10. The standard InChI is InChI=1S/C17H25FN2O4S/c1-11(2)9-13(10-21)19-17(22)16(12(3)4)20-25(23,24)15-8-6-5-7-14(15)18/h5-8,10-13,16,20H,9H2,1-4H3,(H,19,22)/t13-,16+/m1/s1. The van der Waals surface area contributed by atoms with Crippen molar-refractivity contribution in [2.75, 3.05) is 0 Å². The Kier molecular flexibility index (Phi) is 7.69. The maximum absolute atomic E-state index is 13.8. The van der Waals surface area contributed by atoms with Crippen LogP contribution in [0, 0.1) is 17.7 Å². The predicted octanol–water partition coefficient (Wildman–Crippen LogP) is 1.86. The fraction of sp³-hybridized carbons (Fsp3) is 0.529. The zero-order valence-electron chi connectivity index (χ0n) is 14.8. The molecule has 0 fully saturated rings. The van der Waals surface area contributed by atoms with E-state index in [0.717, 1.165) is 12.1 Å². The summed E-state index contributed by atoms with van der Waals surface area (Å²) in [5.41, 5.74) is 0. The smallest absolute Gasteiger partial charge is 0.244 e. The van der Waals surface area contributed by atoms with Gasteiger partial charge in [0, 0.05) is 0 Å². The number of hydrogen-bond donors (Lipinski definition) is 2. The Hall–Kier alpha value is -1.80. The zero-order valence-corrected chi connectivity index (χ0v) is 15.6. The number of nitrogens with one attached hydrogen (secondary N) is 2. The van der Waals surface area contributed by atoms with Gasteiger partial charge in [-0.15, -0.1) is 0 Å². The number of carbonyl (C=O) groups is 2. The molecule has 8 heteroatoms. The summed E-state index contributed by atoms with van der Waals surface area (Å²) in [4.78, 5) is 23.0. The number of aldehydes is 1. The average Bonchev–Trinajstić information content (AvgIpc) is 2.51. The summed E-state index contributed by atoms with van der Waals surface area (Å²) >= 11 is 0. The summed E-state index contributed by atoms with van der Waals surface area (Å²) in [6.45, 7) is 7.13. The Balaban J connectivity index is 2.98. The van der Waals surface area contributed by atoms with Crippen LogP contribution in [-0.2, 0) is 19.6 Å². The van der Waals surface area contributed by atoms with Crippen LogP contribution in [0.15, 0.2) is 29.2 Å². The van der Waals surface area contributed by atoms with Crippen LogP contribution in [0.2, 0.25) is 0 Å². The van der Waals surface area contributed by atoms with E-state index >= 15 is 0 Å². The highest BCUT2D eigenvalue weighted by Gasteiger charge is 2.30. The third-order valence-corrected chi connectivity index (χ3v) is 5.05. The maximum Gasteiger partial charge on any atom is 0.244 e. The van der Waals surface area contributed by atoms with Crippen LogP contribution >= 0.6 is 0 Å². The molecule has 2 N–H and O–H groups in total. The SMILES string of the molecule is CC(C)C[C@H](C=O)NC(=O)[C@@H](NS(=O)(=O)c1ccccc1F)C(C)C. The molecule has 0 spiro atoms. The van der Waals surface area contributed by atoms with Crippen molar-refractivity contribution in [2.24, 2.45) is 11.8 Å². The third-order valence-electron chi connectivity index (χ3n) is 3.57. The Labute approximate surface area is 148 Å². The van der Waals surface area contributed by atoms with Gasteiger partial charge in [-0.1, -0.05) is 39.8 Å². The monoisotopic (exact) mass is 372 g/mol. The number of carbonyl (C=O) groups excluding carboxylic acids is 2. The molecule has 0 aromatic heterocycles. The molecule has 1 rings (SSSR count). The van der Waals surface area contributed by atoms with E-state index in [0.29, 0.717) is 12.7 Å². The zero-order chi connectivity index (χ0) is 19.2. The van der Waals surface area contributed by atoms with Gasteiger partial charge < -0.3 is 10.1 Å². The van der Waals surface area contributed by atoms with Crippen molar-refractivity contribution in [2.45, 2.75) is 51.1 Å². The fourth-order valence-electron chi connectivity index (χ4n) is 2.31. The first-order chi connectivity index (χ1) is 11.6. The molecule has 0 bridgehead atoms. The van der Waals surface area contributed by atoms with E-state index in [2.05, 4.69) is 10.0 Å². The molecule has 25 heavy (non-hydrogen) atoms. The molecule has 1 aromatic carbocycles. The van der Waals surface area contributed by atoms with Crippen LogP contribution < -0.4 is 10.0 Å². The van der Waals surface area contributed by atoms with Crippen molar-refractivity contribution in [3.8, 4) is 0 Å². The second kappa shape index (κ2) is 9.05. The number of halogens is 1. The molecule has 2 atom stereocenters. The van der Waals surface area contributed by atoms with E-state index < -0.39 is 44.6 Å². The highest BCUT2D eigenvalue weighted by molar-refractivity contribution is 7.89. The van der Waals surface area contributed by atoms with Gasteiger partial charge in [0.25, 0.3) is 0 Å². The molecule has 0 aliphatic heterocycles. The molecule has 0 aliphatic rings. The molecule has 140 valence electrons. The van der Waals surface area contributed by atoms with E-state index in [4.69, 9.17) is 0 Å². The van der Waals surface area contributed by atoms with Gasteiger partial charge in [-0.3, -0.25) is 4.79 Å². The van der Waals surface area contributed by atoms with E-state index in [1.54, 1.807) is 13.8 Å². The van der Waals surface area contributed by atoms with Gasteiger partial charge >= 0.3 is 0 Å². The normalized spacial score (nSPS) is 14.4. The molecular formula is C17H25FN2O4S. The first-order valence-corrected chi connectivity index (χ1v) is 9.59. The third kappa shape index (κ3) is 6.21. The number of amides is 1. The Morgan fingerprint density at radius 1 is 1.20 bits per heavy atom. The Morgan fingerprint density at radius 2 is 1.80 bits per heavy atom. The van der Waals surface area contributed by atoms with E-state index in [9.17, 15) is 22.4 Å². The average molecular weight is 372 g/mol. The van der Waals surface area contributed by atoms with Gasteiger partial charge in [0.15, 0.2) is 0 Å². The largest absolute Gasteiger partial charge is 0.345 e. The van der Waals surface area contributed by atoms with Crippen molar-refractivity contribution in [1.29, 1.82) is 0 Å². The van der Waals surface area contributed by atoms with E-state index in [1.807, 2.05) is 13.8 Å². The molecule has 0 saturated heterocycles. The van der Waals surface area contributed by atoms with Crippen molar-refractivity contribution in [1.82, 2.24) is 10.0 Å². The number of benzene rings is 1. The van der Waals surface area contributed by atoms with Crippen LogP contribution in [0.5, 0.6) is 0 Å². The molecule has 0 unspecified atom stereocenters. The van der Waals surface area contributed by atoms with Gasteiger partial charge in [-0.05, 0) is 30.4 Å². The van der Waals surface area contributed by atoms with Gasteiger partial charge in [0.05, 0.1) is 6.04 Å². The first-order valence-electron chi connectivity index (χ1n) is 8.11. The Bertz CT molecular complexity index is 704. The topological polar surface area (TPSA) is 92.3 Å². The van der Waals surface area contributed by atoms with E-state index in [1.165, 1.54) is 12.1 Å². The lowest BCUT2D eigenvalue weighted by Crippen LogP contribution is -2.52. The summed E-state index contributed by atoms with van der Waals surface area (Å²) in [5, 5.41) is 2.54. The van der Waals surface area contributed by atoms with Gasteiger partial charge in [0.2, 0.25) is 15.9 Å². The molecule has 1 amide bonds. The van der Waals surface area contributed by atoms with Gasteiger partial charge in [-0.2, -0.15) is 4.72 Å². The molecule has 0 aliphatic carbocycles. The summed E-state index contributed by atoms with van der Waals surface area (Å²) < 4.78 is 40.8. The van der Waals surface area contributed by atoms with Crippen molar-refractivity contribution in [3.63, 3.8) is 0 Å². The number of rotatable bonds is 9. The maximum atomic E-state index is 13.8. The summed E-state index contributed by atoms with van der Waals surface area (Å²) in [7, 11) is -4.22. The fourth-order valence-corrected chi connectivity index (χ4v) is 3.74. The minimum Gasteiger partial charge on any atom is -0.345 e. The second-order valence-corrected chi connectivity index (χ2v) is 8.34. The van der Waals surface area contributed by atoms with Gasteiger partial charge in [0.1, 0.15) is 23.0 Å². The lowest BCUT2D eigenvalue weighted by molar-refractivity contribution is -0.126. The highest BCUT2D eigenvalue weighted by Crippen LogP contribution is 2.16. The minimum absolute atomic E-state index is 0.183. The van der Waals surface area contributed by atoms with Crippen molar-refractivity contribution < 1.29 is 22.4 Å². The molecule has 0 radical (unpaired) electrons. The van der Waals surface area contributed by atoms with E-state index in [-0.39, 0.29) is 5.92 Å². The lowest BCUT2D eigenvalue weighted by atomic mass is 10.0. The summed E-state index contributed by atoms with van der Waals surface area (Å²) in [6.07, 6.45) is 1.07. The minimum atomic E-state index is -4.22. The van der Waals surface area contributed by atoms with Crippen LogP contribution in [0.3, 0.4) is 0 Å². The van der Waals surface area contributed by atoms with Crippen molar-refractivity contribution in [3.05, 3.63) is 30.1 Å². The van der Waals surface area contributed by atoms with Crippen LogP contribution in [-0.4, -0.2) is 32.7 Å². The van der Waals surface area contributed by atoms with Crippen LogP contribution in [0.25, 0.3) is 0 Å². The quantitative estimate of drug-likeness (QED) is 0.647. The molecule has 0 heterocycles. The second-order valence-electron chi connectivity index (χ2n) is 6.65. The van der Waals surface area contributed by atoms with Gasteiger partial charge in [-0.25, -0.2) is 12.8 Å². The summed E-state index contributed by atoms with van der Waals surface area (Å²) in [5.74, 6) is -1.73. The van der Waals surface area contributed by atoms with Crippen molar-refractivity contribution >= 4 is 22.2 Å². The number of hydrogen-bond acceptors (Lipinski definition) is 4. The molecule has 1 aromatic rings. The Morgan fingerprint density at radius 3 is 2.28 bits per heavy atom. The predicted molar refractivity (Wildman–Crippen MR) is 92.8 cm³/mol. The number of sulfonamides is 1. The highest BCUT2D eigenvalue weighted by atomic mass is 32.2.